The third-order valence-electron chi connectivity index (χ3n) is 6.41. The van der Waals surface area contributed by atoms with E-state index < -0.39 is 11.6 Å². The van der Waals surface area contributed by atoms with E-state index in [0.717, 1.165) is 24.0 Å². The molecule has 2 amide bonds. The first-order chi connectivity index (χ1) is 16.9. The maximum atomic E-state index is 14.0. The zero-order chi connectivity index (χ0) is 24.8. The van der Waals surface area contributed by atoms with Crippen molar-refractivity contribution in [3.8, 4) is 0 Å². The number of nitrogens with zero attached hydrogens (tertiary/aromatic N) is 3. The normalized spacial score (nSPS) is 15.5. The van der Waals surface area contributed by atoms with Crippen LogP contribution in [0.3, 0.4) is 0 Å². The third kappa shape index (κ3) is 5.66. The third-order valence-corrected chi connectivity index (χ3v) is 7.87. The number of halogens is 2. The van der Waals surface area contributed by atoms with Crippen molar-refractivity contribution in [3.05, 3.63) is 76.0 Å². The molecule has 2 N–H and O–H groups in total. The lowest BCUT2D eigenvalue weighted by atomic mass is 9.91. The number of nitrogens with one attached hydrogen (secondary N) is 2. The summed E-state index contributed by atoms with van der Waals surface area (Å²) in [6.45, 7) is 2.34. The van der Waals surface area contributed by atoms with E-state index in [1.54, 1.807) is 23.1 Å². The molecule has 0 spiro atoms. The van der Waals surface area contributed by atoms with Crippen LogP contribution in [0, 0.1) is 0 Å². The molecule has 1 aliphatic carbocycles. The first-order valence-corrected chi connectivity index (χ1v) is 13.3. The number of hydrogen-bond donors (Lipinski definition) is 2. The van der Waals surface area contributed by atoms with Gasteiger partial charge in [0.2, 0.25) is 11.8 Å². The van der Waals surface area contributed by atoms with Crippen molar-refractivity contribution in [3.63, 3.8) is 0 Å². The van der Waals surface area contributed by atoms with Crippen LogP contribution in [0.4, 0.5) is 0 Å². The number of likely N-dealkylation sites (N-methyl/N-ethyl adjacent to an activating group) is 1. The van der Waals surface area contributed by atoms with E-state index in [1.165, 1.54) is 18.1 Å². The van der Waals surface area contributed by atoms with Crippen LogP contribution >= 0.6 is 35.0 Å². The van der Waals surface area contributed by atoms with Crippen LogP contribution in [0.25, 0.3) is 0 Å². The van der Waals surface area contributed by atoms with Gasteiger partial charge < -0.3 is 10.2 Å². The van der Waals surface area contributed by atoms with Gasteiger partial charge in [0.1, 0.15) is 11.9 Å². The lowest BCUT2D eigenvalue weighted by molar-refractivity contribution is -0.146. The van der Waals surface area contributed by atoms with Gasteiger partial charge in [-0.15, -0.1) is 0 Å². The van der Waals surface area contributed by atoms with Crippen LogP contribution in [0.5, 0.6) is 0 Å². The summed E-state index contributed by atoms with van der Waals surface area (Å²) < 4.78 is 0. The Morgan fingerprint density at radius 1 is 1.14 bits per heavy atom. The predicted molar refractivity (Wildman–Crippen MR) is 139 cm³/mol. The maximum absolute atomic E-state index is 14.0. The van der Waals surface area contributed by atoms with Crippen molar-refractivity contribution in [1.82, 2.24) is 25.4 Å². The SMILES string of the molecule is CCN(C(=O)CSc1ncn[nH]1)C1(C(=O)NC(c2ccc(Cl)cc2)c2ccccc2Cl)CCCC1. The number of carbonyl (C=O) groups is 2. The largest absolute Gasteiger partial charge is 0.343 e. The van der Waals surface area contributed by atoms with Gasteiger partial charge in [0.05, 0.1) is 11.8 Å². The van der Waals surface area contributed by atoms with E-state index in [-0.39, 0.29) is 17.6 Å². The molecule has 1 unspecified atom stereocenters. The molecular formula is C25H27Cl2N5O2S. The molecule has 10 heteroatoms. The van der Waals surface area contributed by atoms with Crippen LogP contribution in [-0.4, -0.2) is 49.7 Å². The van der Waals surface area contributed by atoms with E-state index in [1.807, 2.05) is 37.3 Å². The summed E-state index contributed by atoms with van der Waals surface area (Å²) in [5.41, 5.74) is 0.729. The molecule has 0 aliphatic heterocycles. The molecule has 1 heterocycles. The van der Waals surface area contributed by atoms with Gasteiger partial charge in [-0.2, -0.15) is 5.10 Å². The van der Waals surface area contributed by atoms with Crippen molar-refractivity contribution >= 4 is 46.8 Å². The van der Waals surface area contributed by atoms with Crippen LogP contribution in [-0.2, 0) is 9.59 Å². The van der Waals surface area contributed by atoms with Crippen LogP contribution in [0.15, 0.2) is 60.0 Å². The topological polar surface area (TPSA) is 91.0 Å². The molecule has 0 saturated heterocycles. The van der Waals surface area contributed by atoms with Gasteiger partial charge in [-0.3, -0.25) is 14.7 Å². The molecule has 184 valence electrons. The fourth-order valence-electron chi connectivity index (χ4n) is 4.74. The monoisotopic (exact) mass is 531 g/mol. The Balaban J connectivity index is 1.62. The van der Waals surface area contributed by atoms with E-state index in [9.17, 15) is 9.59 Å². The van der Waals surface area contributed by atoms with Crippen molar-refractivity contribution < 1.29 is 9.59 Å². The Hall–Kier alpha value is -2.55. The van der Waals surface area contributed by atoms with E-state index in [4.69, 9.17) is 23.2 Å². The molecule has 0 radical (unpaired) electrons. The van der Waals surface area contributed by atoms with Crippen LogP contribution < -0.4 is 5.32 Å². The van der Waals surface area contributed by atoms with Gasteiger partial charge in [-0.1, -0.05) is 78.1 Å². The predicted octanol–water partition coefficient (Wildman–Crippen LogP) is 5.27. The number of thioether (sulfide) groups is 1. The number of aromatic nitrogens is 3. The Bertz CT molecular complexity index is 1150. The Morgan fingerprint density at radius 2 is 1.86 bits per heavy atom. The Kier molecular flexibility index (Phi) is 8.36. The molecule has 1 aromatic heterocycles. The lowest BCUT2D eigenvalue weighted by Gasteiger charge is -2.40. The highest BCUT2D eigenvalue weighted by Crippen LogP contribution is 2.38. The second-order valence-corrected chi connectivity index (χ2v) is 10.2. The molecule has 3 aromatic rings. The first kappa shape index (κ1) is 25.5. The fraction of sp³-hybridized carbons (Fsp3) is 0.360. The molecule has 2 aromatic carbocycles. The van der Waals surface area contributed by atoms with E-state index in [0.29, 0.717) is 34.6 Å². The summed E-state index contributed by atoms with van der Waals surface area (Å²) in [5.74, 6) is -0.107. The summed E-state index contributed by atoms with van der Waals surface area (Å²) in [7, 11) is 0. The van der Waals surface area contributed by atoms with Crippen LogP contribution in [0.1, 0.15) is 49.8 Å². The van der Waals surface area contributed by atoms with Gasteiger partial charge in [0, 0.05) is 16.6 Å². The van der Waals surface area contributed by atoms with Crippen LogP contribution in [0.2, 0.25) is 10.0 Å². The highest BCUT2D eigenvalue weighted by atomic mass is 35.5. The number of H-pyrrole nitrogens is 1. The molecule has 0 bridgehead atoms. The number of hydrogen-bond acceptors (Lipinski definition) is 5. The molecule has 1 atom stereocenters. The zero-order valence-corrected chi connectivity index (χ0v) is 21.7. The van der Waals surface area contributed by atoms with Gasteiger partial charge in [-0.05, 0) is 49.1 Å². The van der Waals surface area contributed by atoms with Gasteiger partial charge in [0.25, 0.3) is 0 Å². The minimum Gasteiger partial charge on any atom is -0.343 e. The summed E-state index contributed by atoms with van der Waals surface area (Å²) in [6, 6.07) is 14.3. The molecule has 1 fully saturated rings. The van der Waals surface area contributed by atoms with Crippen molar-refractivity contribution in [2.45, 2.75) is 49.3 Å². The maximum Gasteiger partial charge on any atom is 0.246 e. The van der Waals surface area contributed by atoms with Gasteiger partial charge in [-0.25, -0.2) is 4.98 Å². The molecular weight excluding hydrogens is 505 g/mol. The highest BCUT2D eigenvalue weighted by molar-refractivity contribution is 7.99. The molecule has 1 aliphatic rings. The zero-order valence-electron chi connectivity index (χ0n) is 19.3. The van der Waals surface area contributed by atoms with Crippen molar-refractivity contribution in [1.29, 1.82) is 0 Å². The van der Waals surface area contributed by atoms with E-state index in [2.05, 4.69) is 20.5 Å². The lowest BCUT2D eigenvalue weighted by Crippen LogP contribution is -2.60. The smallest absolute Gasteiger partial charge is 0.246 e. The second kappa shape index (κ2) is 11.5. The molecule has 4 rings (SSSR count). The average molecular weight is 532 g/mol. The van der Waals surface area contributed by atoms with Crippen molar-refractivity contribution in [2.75, 3.05) is 12.3 Å². The number of aromatic amines is 1. The molecule has 35 heavy (non-hydrogen) atoms. The molecule has 7 nitrogen and oxygen atoms in total. The first-order valence-electron chi connectivity index (χ1n) is 11.5. The summed E-state index contributed by atoms with van der Waals surface area (Å²) in [6.07, 6.45) is 4.39. The van der Waals surface area contributed by atoms with Gasteiger partial charge in [0.15, 0.2) is 5.16 Å². The molecule has 1 saturated carbocycles. The Morgan fingerprint density at radius 3 is 2.49 bits per heavy atom. The van der Waals surface area contributed by atoms with Gasteiger partial charge >= 0.3 is 0 Å². The average Bonchev–Trinajstić information content (AvgIpc) is 3.56. The number of amides is 2. The number of carbonyl (C=O) groups excluding carboxylic acids is 2. The summed E-state index contributed by atoms with van der Waals surface area (Å²) in [5, 5.41) is 11.5. The highest BCUT2D eigenvalue weighted by Gasteiger charge is 2.48. The summed E-state index contributed by atoms with van der Waals surface area (Å²) >= 11 is 13.9. The minimum absolute atomic E-state index is 0.105. The number of rotatable bonds is 9. The standard InChI is InChI=1S/C25H27Cl2N5O2S/c1-2-32(21(33)15-35-24-28-16-29-31-24)25(13-5-6-14-25)23(34)30-22(17-9-11-18(26)12-10-17)19-7-3-4-8-20(19)27/h3-4,7-12,16,22H,2,5-6,13-15H2,1H3,(H,30,34)(H,28,29,31). The summed E-state index contributed by atoms with van der Waals surface area (Å²) in [4.78, 5) is 33.1. The van der Waals surface area contributed by atoms with E-state index >= 15 is 0 Å². The number of benzene rings is 2. The second-order valence-electron chi connectivity index (χ2n) is 8.44. The minimum atomic E-state index is -0.917. The Labute approximate surface area is 219 Å². The fourth-order valence-corrected chi connectivity index (χ4v) is 5.77. The quantitative estimate of drug-likeness (QED) is 0.367. The van der Waals surface area contributed by atoms with Crippen molar-refractivity contribution in [2.24, 2.45) is 0 Å².